The van der Waals surface area contributed by atoms with Gasteiger partial charge >= 0.3 is 0 Å². The number of rotatable bonds is 5. The van der Waals surface area contributed by atoms with Crippen molar-refractivity contribution in [3.63, 3.8) is 0 Å². The smallest absolute Gasteiger partial charge is 0.0371 e. The highest BCUT2D eigenvalue weighted by atomic mass is 15.2. The predicted octanol–water partition coefficient (Wildman–Crippen LogP) is 3.66. The Morgan fingerprint density at radius 3 is 2.84 bits per heavy atom. The molecule has 0 bridgehead atoms. The molecule has 1 aromatic rings. The third-order valence-electron chi connectivity index (χ3n) is 4.32. The molecule has 1 heterocycles. The molecule has 19 heavy (non-hydrogen) atoms. The second kappa shape index (κ2) is 6.95. The third kappa shape index (κ3) is 3.50. The van der Waals surface area contributed by atoms with E-state index in [1.165, 1.54) is 55.5 Å². The zero-order valence-electron chi connectivity index (χ0n) is 12.5. The van der Waals surface area contributed by atoms with Crippen LogP contribution < -0.4 is 10.6 Å². The zero-order valence-corrected chi connectivity index (χ0v) is 12.5. The van der Waals surface area contributed by atoms with E-state index in [9.17, 15) is 0 Å². The maximum atomic E-state index is 5.66. The highest BCUT2D eigenvalue weighted by Crippen LogP contribution is 2.28. The van der Waals surface area contributed by atoms with E-state index < -0.39 is 0 Å². The van der Waals surface area contributed by atoms with E-state index in [4.69, 9.17) is 5.73 Å². The van der Waals surface area contributed by atoms with Gasteiger partial charge in [-0.1, -0.05) is 19.4 Å². The van der Waals surface area contributed by atoms with Crippen LogP contribution in [0, 0.1) is 6.92 Å². The van der Waals surface area contributed by atoms with E-state index in [0.717, 1.165) is 19.0 Å². The van der Waals surface area contributed by atoms with Crippen molar-refractivity contribution in [2.45, 2.75) is 58.4 Å². The van der Waals surface area contributed by atoms with Crippen molar-refractivity contribution in [2.75, 3.05) is 18.0 Å². The van der Waals surface area contributed by atoms with Gasteiger partial charge in [0, 0.05) is 18.3 Å². The van der Waals surface area contributed by atoms with Crippen molar-refractivity contribution in [2.24, 2.45) is 5.73 Å². The summed E-state index contributed by atoms with van der Waals surface area (Å²) in [5.41, 5.74) is 9.87. The summed E-state index contributed by atoms with van der Waals surface area (Å²) in [7, 11) is 0. The fourth-order valence-corrected chi connectivity index (χ4v) is 3.27. The van der Waals surface area contributed by atoms with Crippen molar-refractivity contribution in [3.05, 3.63) is 29.3 Å². The molecule has 1 saturated heterocycles. The molecule has 1 atom stereocenters. The first kappa shape index (κ1) is 14.4. The molecule has 0 radical (unpaired) electrons. The highest BCUT2D eigenvalue weighted by molar-refractivity contribution is 5.52. The second-order valence-electron chi connectivity index (χ2n) is 5.78. The lowest BCUT2D eigenvalue weighted by Crippen LogP contribution is -2.39. The number of anilines is 1. The number of hydrogen-bond acceptors (Lipinski definition) is 2. The van der Waals surface area contributed by atoms with Gasteiger partial charge in [-0.05, 0) is 68.8 Å². The maximum Gasteiger partial charge on any atom is 0.0371 e. The average molecular weight is 260 g/mol. The molecule has 2 heteroatoms. The predicted molar refractivity (Wildman–Crippen MR) is 83.8 cm³/mol. The minimum Gasteiger partial charge on any atom is -0.369 e. The molecule has 1 aromatic carbocycles. The van der Waals surface area contributed by atoms with Gasteiger partial charge in [0.25, 0.3) is 0 Å². The Balaban J connectivity index is 2.17. The van der Waals surface area contributed by atoms with Gasteiger partial charge in [0.15, 0.2) is 0 Å². The van der Waals surface area contributed by atoms with Crippen LogP contribution in [0.4, 0.5) is 5.69 Å². The number of nitrogens with zero attached hydrogens (tertiary/aromatic N) is 1. The summed E-state index contributed by atoms with van der Waals surface area (Å²) in [6, 6.07) is 7.68. The summed E-state index contributed by atoms with van der Waals surface area (Å²) >= 11 is 0. The van der Waals surface area contributed by atoms with Gasteiger partial charge in [0.05, 0.1) is 0 Å². The molecular weight excluding hydrogens is 232 g/mol. The SMILES string of the molecule is CCCC1CCCCN1c1ccc(CCN)c(C)c1. The van der Waals surface area contributed by atoms with Crippen LogP contribution in [0.3, 0.4) is 0 Å². The molecule has 0 aliphatic carbocycles. The lowest BCUT2D eigenvalue weighted by atomic mass is 9.96. The van der Waals surface area contributed by atoms with Gasteiger partial charge < -0.3 is 10.6 Å². The van der Waals surface area contributed by atoms with Crippen LogP contribution in [0.5, 0.6) is 0 Å². The highest BCUT2D eigenvalue weighted by Gasteiger charge is 2.21. The number of benzene rings is 1. The summed E-state index contributed by atoms with van der Waals surface area (Å²) < 4.78 is 0. The third-order valence-corrected chi connectivity index (χ3v) is 4.32. The molecule has 2 rings (SSSR count). The topological polar surface area (TPSA) is 29.3 Å². The van der Waals surface area contributed by atoms with Crippen molar-refractivity contribution in [1.29, 1.82) is 0 Å². The van der Waals surface area contributed by atoms with Crippen LogP contribution in [0.25, 0.3) is 0 Å². The van der Waals surface area contributed by atoms with Crippen LogP contribution in [-0.2, 0) is 6.42 Å². The number of piperidine rings is 1. The fourth-order valence-electron chi connectivity index (χ4n) is 3.27. The summed E-state index contributed by atoms with van der Waals surface area (Å²) in [5, 5.41) is 0. The van der Waals surface area contributed by atoms with Crippen LogP contribution >= 0.6 is 0 Å². The van der Waals surface area contributed by atoms with Gasteiger partial charge in [0.1, 0.15) is 0 Å². The van der Waals surface area contributed by atoms with Gasteiger partial charge in [-0.2, -0.15) is 0 Å². The van der Waals surface area contributed by atoms with E-state index in [1.807, 2.05) is 0 Å². The first-order valence-electron chi connectivity index (χ1n) is 7.82. The monoisotopic (exact) mass is 260 g/mol. The maximum absolute atomic E-state index is 5.66. The zero-order chi connectivity index (χ0) is 13.7. The lowest BCUT2D eigenvalue weighted by molar-refractivity contribution is 0.434. The molecular formula is C17H28N2. The van der Waals surface area contributed by atoms with Crippen LogP contribution in [0.1, 0.15) is 50.2 Å². The minimum absolute atomic E-state index is 0.738. The standard InChI is InChI=1S/C17H28N2/c1-3-6-16-7-4-5-12-19(16)17-9-8-15(10-11-18)14(2)13-17/h8-9,13,16H,3-7,10-12,18H2,1-2H3. The van der Waals surface area contributed by atoms with Crippen molar-refractivity contribution >= 4 is 5.69 Å². The molecule has 0 aromatic heterocycles. The number of nitrogens with two attached hydrogens (primary N) is 1. The molecule has 0 saturated carbocycles. The summed E-state index contributed by atoms with van der Waals surface area (Å²) in [4.78, 5) is 2.63. The number of hydrogen-bond donors (Lipinski definition) is 1. The second-order valence-corrected chi connectivity index (χ2v) is 5.78. The first-order valence-corrected chi connectivity index (χ1v) is 7.82. The summed E-state index contributed by atoms with van der Waals surface area (Å²) in [6.45, 7) is 6.47. The van der Waals surface area contributed by atoms with Crippen molar-refractivity contribution in [3.8, 4) is 0 Å². The molecule has 2 N–H and O–H groups in total. The molecule has 1 aliphatic rings. The molecule has 2 nitrogen and oxygen atoms in total. The van der Waals surface area contributed by atoms with Gasteiger partial charge in [-0.15, -0.1) is 0 Å². The van der Waals surface area contributed by atoms with Crippen LogP contribution in [-0.4, -0.2) is 19.1 Å². The Hall–Kier alpha value is -1.02. The molecule has 0 spiro atoms. The Kier molecular flexibility index (Phi) is 5.26. The molecule has 1 aliphatic heterocycles. The summed E-state index contributed by atoms with van der Waals surface area (Å²) in [5.74, 6) is 0. The quantitative estimate of drug-likeness (QED) is 0.875. The Morgan fingerprint density at radius 2 is 2.16 bits per heavy atom. The van der Waals surface area contributed by atoms with Gasteiger partial charge in [0.2, 0.25) is 0 Å². The minimum atomic E-state index is 0.738. The van der Waals surface area contributed by atoms with E-state index in [2.05, 4.69) is 36.9 Å². The largest absolute Gasteiger partial charge is 0.369 e. The van der Waals surface area contributed by atoms with Crippen molar-refractivity contribution < 1.29 is 0 Å². The Morgan fingerprint density at radius 1 is 1.32 bits per heavy atom. The molecule has 1 fully saturated rings. The Labute approximate surface area is 118 Å². The van der Waals surface area contributed by atoms with Gasteiger partial charge in [-0.3, -0.25) is 0 Å². The van der Waals surface area contributed by atoms with Crippen LogP contribution in [0.2, 0.25) is 0 Å². The average Bonchev–Trinajstić information content (AvgIpc) is 2.42. The van der Waals surface area contributed by atoms with E-state index in [1.54, 1.807) is 0 Å². The van der Waals surface area contributed by atoms with Gasteiger partial charge in [-0.25, -0.2) is 0 Å². The Bertz CT molecular complexity index is 398. The van der Waals surface area contributed by atoms with Crippen molar-refractivity contribution in [1.82, 2.24) is 0 Å². The lowest BCUT2D eigenvalue weighted by Gasteiger charge is -2.38. The normalized spacial score (nSPS) is 19.7. The van der Waals surface area contributed by atoms with Crippen LogP contribution in [0.15, 0.2) is 18.2 Å². The molecule has 1 unspecified atom stereocenters. The molecule has 106 valence electrons. The molecule has 0 amide bonds. The van der Waals surface area contributed by atoms with E-state index in [-0.39, 0.29) is 0 Å². The summed E-state index contributed by atoms with van der Waals surface area (Å²) in [6.07, 6.45) is 7.69. The first-order chi connectivity index (χ1) is 9.26. The fraction of sp³-hybridized carbons (Fsp3) is 0.647. The van der Waals surface area contributed by atoms with E-state index in [0.29, 0.717) is 0 Å². The number of aryl methyl sites for hydroxylation is 1. The van der Waals surface area contributed by atoms with E-state index >= 15 is 0 Å².